The molecule has 1 amide bonds. The number of rotatable bonds is 2. The van der Waals surface area contributed by atoms with Gasteiger partial charge in [-0.05, 0) is 0 Å². The SMILES string of the molecule is CCC(=O)NC1CNC1.Cl. The minimum atomic E-state index is 0. The van der Waals surface area contributed by atoms with Gasteiger partial charge >= 0.3 is 0 Å². The van der Waals surface area contributed by atoms with Gasteiger partial charge in [0.2, 0.25) is 5.91 Å². The number of carbonyl (C=O) groups is 1. The summed E-state index contributed by atoms with van der Waals surface area (Å²) < 4.78 is 0. The lowest BCUT2D eigenvalue weighted by atomic mass is 10.2. The van der Waals surface area contributed by atoms with Gasteiger partial charge in [-0.3, -0.25) is 4.79 Å². The molecule has 0 aliphatic carbocycles. The van der Waals surface area contributed by atoms with Gasteiger partial charge in [-0.2, -0.15) is 0 Å². The summed E-state index contributed by atoms with van der Waals surface area (Å²) in [5, 5.41) is 5.94. The zero-order valence-corrected chi connectivity index (χ0v) is 6.83. The van der Waals surface area contributed by atoms with Crippen LogP contribution in [0.3, 0.4) is 0 Å². The van der Waals surface area contributed by atoms with Gasteiger partial charge in [-0.15, -0.1) is 12.4 Å². The van der Waals surface area contributed by atoms with E-state index in [4.69, 9.17) is 0 Å². The van der Waals surface area contributed by atoms with Crippen LogP contribution >= 0.6 is 12.4 Å². The van der Waals surface area contributed by atoms with E-state index in [2.05, 4.69) is 10.6 Å². The quantitative estimate of drug-likeness (QED) is 0.599. The molecule has 3 nitrogen and oxygen atoms in total. The average Bonchev–Trinajstić information content (AvgIpc) is 1.78. The zero-order valence-electron chi connectivity index (χ0n) is 6.02. The number of carbonyl (C=O) groups excluding carboxylic acids is 1. The molecule has 60 valence electrons. The number of hydrogen-bond acceptors (Lipinski definition) is 2. The first-order valence-electron chi connectivity index (χ1n) is 3.33. The third-order valence-corrected chi connectivity index (χ3v) is 1.47. The van der Waals surface area contributed by atoms with Crippen molar-refractivity contribution in [3.63, 3.8) is 0 Å². The van der Waals surface area contributed by atoms with E-state index < -0.39 is 0 Å². The van der Waals surface area contributed by atoms with E-state index in [1.54, 1.807) is 0 Å². The molecule has 0 saturated carbocycles. The highest BCUT2D eigenvalue weighted by Gasteiger charge is 2.17. The molecule has 1 fully saturated rings. The van der Waals surface area contributed by atoms with E-state index in [1.165, 1.54) is 0 Å². The highest BCUT2D eigenvalue weighted by molar-refractivity contribution is 5.85. The molecule has 0 unspecified atom stereocenters. The Labute approximate surface area is 67.0 Å². The van der Waals surface area contributed by atoms with E-state index in [9.17, 15) is 4.79 Å². The summed E-state index contributed by atoms with van der Waals surface area (Å²) in [6.45, 7) is 3.74. The van der Waals surface area contributed by atoms with Gasteiger partial charge < -0.3 is 10.6 Å². The highest BCUT2D eigenvalue weighted by Crippen LogP contribution is 1.90. The van der Waals surface area contributed by atoms with Crippen LogP contribution < -0.4 is 10.6 Å². The van der Waals surface area contributed by atoms with Gasteiger partial charge in [-0.25, -0.2) is 0 Å². The van der Waals surface area contributed by atoms with Gasteiger partial charge in [0, 0.05) is 19.5 Å². The minimum absolute atomic E-state index is 0. The zero-order chi connectivity index (χ0) is 6.69. The maximum absolute atomic E-state index is 10.7. The molecule has 0 aromatic carbocycles. The van der Waals surface area contributed by atoms with Gasteiger partial charge in [0.25, 0.3) is 0 Å². The Hall–Kier alpha value is -0.280. The lowest BCUT2D eigenvalue weighted by Gasteiger charge is -2.27. The van der Waals surface area contributed by atoms with Crippen molar-refractivity contribution in [3.05, 3.63) is 0 Å². The van der Waals surface area contributed by atoms with Crippen LogP contribution in [0.4, 0.5) is 0 Å². The Kier molecular flexibility index (Phi) is 4.40. The second-order valence-corrected chi connectivity index (χ2v) is 2.28. The molecule has 1 heterocycles. The molecule has 0 aromatic heterocycles. The first-order valence-corrected chi connectivity index (χ1v) is 3.33. The maximum Gasteiger partial charge on any atom is 0.220 e. The van der Waals surface area contributed by atoms with Crippen LogP contribution in [0.1, 0.15) is 13.3 Å². The van der Waals surface area contributed by atoms with E-state index in [0.717, 1.165) is 13.1 Å². The van der Waals surface area contributed by atoms with Crippen molar-refractivity contribution in [2.45, 2.75) is 19.4 Å². The van der Waals surface area contributed by atoms with Crippen LogP contribution in [0.25, 0.3) is 0 Å². The van der Waals surface area contributed by atoms with Crippen LogP contribution in [0.5, 0.6) is 0 Å². The molecular formula is C6H13ClN2O. The van der Waals surface area contributed by atoms with Crippen LogP contribution in [0.15, 0.2) is 0 Å². The fourth-order valence-corrected chi connectivity index (χ4v) is 0.720. The summed E-state index contributed by atoms with van der Waals surface area (Å²) in [5.41, 5.74) is 0. The van der Waals surface area contributed by atoms with Crippen molar-refractivity contribution in [1.82, 2.24) is 10.6 Å². The molecule has 4 heteroatoms. The minimum Gasteiger partial charge on any atom is -0.351 e. The van der Waals surface area contributed by atoms with E-state index in [1.807, 2.05) is 6.92 Å². The Morgan fingerprint density at radius 3 is 2.60 bits per heavy atom. The predicted octanol–water partition coefficient (Wildman–Crippen LogP) is -0.0938. The maximum atomic E-state index is 10.7. The van der Waals surface area contributed by atoms with Crippen LogP contribution in [-0.4, -0.2) is 25.0 Å². The molecule has 0 aromatic rings. The second-order valence-electron chi connectivity index (χ2n) is 2.28. The number of halogens is 1. The van der Waals surface area contributed by atoms with Crippen LogP contribution in [0.2, 0.25) is 0 Å². The first kappa shape index (κ1) is 9.72. The molecule has 2 N–H and O–H groups in total. The second kappa shape index (κ2) is 4.52. The Morgan fingerprint density at radius 2 is 2.30 bits per heavy atom. The summed E-state index contributed by atoms with van der Waals surface area (Å²) in [6.07, 6.45) is 0.594. The first-order chi connectivity index (χ1) is 4.33. The highest BCUT2D eigenvalue weighted by atomic mass is 35.5. The van der Waals surface area contributed by atoms with Crippen molar-refractivity contribution >= 4 is 18.3 Å². The smallest absolute Gasteiger partial charge is 0.220 e. The van der Waals surface area contributed by atoms with Crippen molar-refractivity contribution in [3.8, 4) is 0 Å². The van der Waals surface area contributed by atoms with Crippen LogP contribution in [-0.2, 0) is 4.79 Å². The van der Waals surface area contributed by atoms with E-state index >= 15 is 0 Å². The van der Waals surface area contributed by atoms with Crippen LogP contribution in [0, 0.1) is 0 Å². The third-order valence-electron chi connectivity index (χ3n) is 1.47. The fourth-order valence-electron chi connectivity index (χ4n) is 0.720. The largest absolute Gasteiger partial charge is 0.351 e. The van der Waals surface area contributed by atoms with E-state index in [0.29, 0.717) is 12.5 Å². The molecule has 0 atom stereocenters. The molecule has 10 heavy (non-hydrogen) atoms. The standard InChI is InChI=1S/C6H12N2O.ClH/c1-2-6(9)8-5-3-7-4-5;/h5,7H,2-4H2,1H3,(H,8,9);1H. The Bertz CT molecular complexity index is 114. The Balaban J connectivity index is 0.000000810. The molecular weight excluding hydrogens is 152 g/mol. The van der Waals surface area contributed by atoms with Gasteiger partial charge in [0.1, 0.15) is 0 Å². The van der Waals surface area contributed by atoms with Crippen molar-refractivity contribution in [2.24, 2.45) is 0 Å². The number of hydrogen-bond donors (Lipinski definition) is 2. The Morgan fingerprint density at radius 1 is 1.70 bits per heavy atom. The molecule has 1 rings (SSSR count). The summed E-state index contributed by atoms with van der Waals surface area (Å²) in [4.78, 5) is 10.7. The monoisotopic (exact) mass is 164 g/mol. The molecule has 0 spiro atoms. The number of nitrogens with one attached hydrogen (secondary N) is 2. The summed E-state index contributed by atoms with van der Waals surface area (Å²) in [7, 11) is 0. The molecule has 0 radical (unpaired) electrons. The fraction of sp³-hybridized carbons (Fsp3) is 0.833. The molecule has 1 aliphatic rings. The summed E-state index contributed by atoms with van der Waals surface area (Å²) in [5.74, 6) is 0.154. The van der Waals surface area contributed by atoms with Crippen molar-refractivity contribution in [1.29, 1.82) is 0 Å². The van der Waals surface area contributed by atoms with Gasteiger partial charge in [0.15, 0.2) is 0 Å². The normalized spacial score (nSPS) is 16.9. The van der Waals surface area contributed by atoms with Crippen molar-refractivity contribution < 1.29 is 4.79 Å². The molecule has 0 bridgehead atoms. The lowest BCUT2D eigenvalue weighted by Crippen LogP contribution is -2.56. The predicted molar refractivity (Wildman–Crippen MR) is 42.3 cm³/mol. The van der Waals surface area contributed by atoms with Gasteiger partial charge in [-0.1, -0.05) is 6.92 Å². The lowest BCUT2D eigenvalue weighted by molar-refractivity contribution is -0.121. The molecule has 1 saturated heterocycles. The van der Waals surface area contributed by atoms with Gasteiger partial charge in [0.05, 0.1) is 6.04 Å². The average molecular weight is 165 g/mol. The number of amides is 1. The summed E-state index contributed by atoms with van der Waals surface area (Å²) >= 11 is 0. The summed E-state index contributed by atoms with van der Waals surface area (Å²) in [6, 6.07) is 0.400. The third kappa shape index (κ3) is 2.54. The molecule has 1 aliphatic heterocycles. The topological polar surface area (TPSA) is 41.1 Å². The van der Waals surface area contributed by atoms with E-state index in [-0.39, 0.29) is 18.3 Å². The van der Waals surface area contributed by atoms with Crippen molar-refractivity contribution in [2.75, 3.05) is 13.1 Å².